The molecule has 1 rings (SSSR count). The average molecular weight is 314 g/mol. The molecule has 0 fully saturated rings. The standard InChI is InChI=1S/C15H26N2O3S/c1-12(2)11-20-14-5-7-15(8-6-14)21(18,19)17-10-9-16-13(3)4/h5-8,12-13,16-17H,9-11H2,1-4H3. The van der Waals surface area contributed by atoms with Gasteiger partial charge >= 0.3 is 0 Å². The van der Waals surface area contributed by atoms with Crippen LogP contribution in [0.2, 0.25) is 0 Å². The summed E-state index contributed by atoms with van der Waals surface area (Å²) in [5, 5.41) is 3.16. The maximum Gasteiger partial charge on any atom is 0.240 e. The topological polar surface area (TPSA) is 67.4 Å². The van der Waals surface area contributed by atoms with E-state index in [0.29, 0.717) is 37.4 Å². The molecule has 2 N–H and O–H groups in total. The average Bonchev–Trinajstić information content (AvgIpc) is 2.41. The van der Waals surface area contributed by atoms with Crippen LogP contribution in [-0.4, -0.2) is 34.2 Å². The van der Waals surface area contributed by atoms with Crippen molar-refractivity contribution in [2.75, 3.05) is 19.7 Å². The van der Waals surface area contributed by atoms with Crippen molar-refractivity contribution in [2.24, 2.45) is 5.92 Å². The van der Waals surface area contributed by atoms with Gasteiger partial charge in [0.2, 0.25) is 10.0 Å². The highest BCUT2D eigenvalue weighted by atomic mass is 32.2. The van der Waals surface area contributed by atoms with Gasteiger partial charge in [0.1, 0.15) is 5.75 Å². The van der Waals surface area contributed by atoms with Crippen molar-refractivity contribution in [2.45, 2.75) is 38.6 Å². The summed E-state index contributed by atoms with van der Waals surface area (Å²) in [5.41, 5.74) is 0. The third-order valence-electron chi connectivity index (χ3n) is 2.69. The van der Waals surface area contributed by atoms with Crippen LogP contribution in [0.5, 0.6) is 5.75 Å². The Balaban J connectivity index is 2.54. The Morgan fingerprint density at radius 1 is 1.05 bits per heavy atom. The van der Waals surface area contributed by atoms with Crippen LogP contribution in [0.3, 0.4) is 0 Å². The minimum atomic E-state index is -3.45. The van der Waals surface area contributed by atoms with E-state index in [1.165, 1.54) is 0 Å². The Hall–Kier alpha value is -1.11. The molecule has 0 unspecified atom stereocenters. The van der Waals surface area contributed by atoms with Crippen molar-refractivity contribution in [3.05, 3.63) is 24.3 Å². The molecule has 0 saturated carbocycles. The Morgan fingerprint density at radius 3 is 2.19 bits per heavy atom. The van der Waals surface area contributed by atoms with Gasteiger partial charge in [0.25, 0.3) is 0 Å². The molecular weight excluding hydrogens is 288 g/mol. The Labute approximate surface area is 128 Å². The molecule has 0 aromatic heterocycles. The third-order valence-corrected chi connectivity index (χ3v) is 4.16. The van der Waals surface area contributed by atoms with Gasteiger partial charge in [-0.15, -0.1) is 0 Å². The van der Waals surface area contributed by atoms with Gasteiger partial charge in [0.05, 0.1) is 11.5 Å². The van der Waals surface area contributed by atoms with E-state index in [2.05, 4.69) is 23.9 Å². The van der Waals surface area contributed by atoms with Crippen LogP contribution in [0.4, 0.5) is 0 Å². The van der Waals surface area contributed by atoms with Gasteiger partial charge < -0.3 is 10.1 Å². The summed E-state index contributed by atoms with van der Waals surface area (Å²) in [4.78, 5) is 0.254. The lowest BCUT2D eigenvalue weighted by Crippen LogP contribution is -2.34. The van der Waals surface area contributed by atoms with Crippen LogP contribution in [0.1, 0.15) is 27.7 Å². The van der Waals surface area contributed by atoms with Crippen molar-refractivity contribution in [3.8, 4) is 5.75 Å². The summed E-state index contributed by atoms with van der Waals surface area (Å²) < 4.78 is 32.3. The molecule has 0 spiro atoms. The summed E-state index contributed by atoms with van der Waals surface area (Å²) >= 11 is 0. The molecule has 0 aliphatic carbocycles. The first-order valence-electron chi connectivity index (χ1n) is 7.27. The number of rotatable bonds is 9. The minimum absolute atomic E-state index is 0.254. The maximum absolute atomic E-state index is 12.1. The SMILES string of the molecule is CC(C)COc1ccc(S(=O)(=O)NCCNC(C)C)cc1. The second-order valence-corrected chi connectivity index (χ2v) is 7.45. The first kappa shape index (κ1) is 17.9. The summed E-state index contributed by atoms with van der Waals surface area (Å²) in [5.74, 6) is 1.12. The van der Waals surface area contributed by atoms with Crippen LogP contribution in [-0.2, 0) is 10.0 Å². The largest absolute Gasteiger partial charge is 0.493 e. The molecular formula is C15H26N2O3S. The summed E-state index contributed by atoms with van der Waals surface area (Å²) in [7, 11) is -3.45. The zero-order valence-electron chi connectivity index (χ0n) is 13.2. The molecule has 0 bridgehead atoms. The van der Waals surface area contributed by atoms with Gasteiger partial charge in [-0.3, -0.25) is 0 Å². The molecule has 5 nitrogen and oxygen atoms in total. The molecule has 0 saturated heterocycles. The van der Waals surface area contributed by atoms with Gasteiger partial charge in [-0.1, -0.05) is 27.7 Å². The van der Waals surface area contributed by atoms with E-state index in [9.17, 15) is 8.42 Å². The number of nitrogens with one attached hydrogen (secondary N) is 2. The Kier molecular flexibility index (Phi) is 7.14. The molecule has 0 aliphatic rings. The third kappa shape index (κ3) is 6.93. The van der Waals surface area contributed by atoms with Crippen molar-refractivity contribution in [3.63, 3.8) is 0 Å². The van der Waals surface area contributed by atoms with E-state index in [-0.39, 0.29) is 4.90 Å². The number of hydrogen-bond acceptors (Lipinski definition) is 4. The van der Waals surface area contributed by atoms with Crippen LogP contribution in [0.25, 0.3) is 0 Å². The predicted molar refractivity (Wildman–Crippen MR) is 85.1 cm³/mol. The molecule has 0 heterocycles. The van der Waals surface area contributed by atoms with E-state index in [1.807, 2.05) is 13.8 Å². The normalized spacial score (nSPS) is 12.1. The lowest BCUT2D eigenvalue weighted by Gasteiger charge is -2.11. The fourth-order valence-corrected chi connectivity index (χ4v) is 2.64. The monoisotopic (exact) mass is 314 g/mol. The molecule has 0 amide bonds. The van der Waals surface area contributed by atoms with E-state index in [0.717, 1.165) is 0 Å². The maximum atomic E-state index is 12.1. The lowest BCUT2D eigenvalue weighted by atomic mass is 10.2. The fraction of sp³-hybridized carbons (Fsp3) is 0.600. The van der Waals surface area contributed by atoms with Gasteiger partial charge in [-0.2, -0.15) is 0 Å². The number of benzene rings is 1. The Morgan fingerprint density at radius 2 is 1.67 bits per heavy atom. The van der Waals surface area contributed by atoms with Crippen molar-refractivity contribution in [1.82, 2.24) is 10.0 Å². The van der Waals surface area contributed by atoms with Crippen LogP contribution in [0.15, 0.2) is 29.2 Å². The van der Waals surface area contributed by atoms with Gasteiger partial charge in [-0.25, -0.2) is 13.1 Å². The van der Waals surface area contributed by atoms with E-state index >= 15 is 0 Å². The van der Waals surface area contributed by atoms with Gasteiger partial charge in [0, 0.05) is 19.1 Å². The highest BCUT2D eigenvalue weighted by Gasteiger charge is 2.13. The zero-order valence-corrected chi connectivity index (χ0v) is 14.0. The van der Waals surface area contributed by atoms with Crippen LogP contribution < -0.4 is 14.8 Å². The molecule has 6 heteroatoms. The smallest absolute Gasteiger partial charge is 0.240 e. The van der Waals surface area contributed by atoms with Crippen molar-refractivity contribution in [1.29, 1.82) is 0 Å². The van der Waals surface area contributed by atoms with Gasteiger partial charge in [0.15, 0.2) is 0 Å². The number of sulfonamides is 1. The summed E-state index contributed by atoms with van der Waals surface area (Å²) in [6, 6.07) is 6.83. The van der Waals surface area contributed by atoms with E-state index in [4.69, 9.17) is 4.74 Å². The Bertz CT molecular complexity index is 510. The van der Waals surface area contributed by atoms with Crippen LogP contribution >= 0.6 is 0 Å². The van der Waals surface area contributed by atoms with Gasteiger partial charge in [-0.05, 0) is 30.2 Å². The molecule has 21 heavy (non-hydrogen) atoms. The molecule has 120 valence electrons. The number of hydrogen-bond donors (Lipinski definition) is 2. The molecule has 0 atom stereocenters. The first-order chi connectivity index (χ1) is 9.81. The first-order valence-corrected chi connectivity index (χ1v) is 8.75. The molecule has 0 radical (unpaired) electrons. The zero-order chi connectivity index (χ0) is 15.9. The second-order valence-electron chi connectivity index (χ2n) is 5.68. The predicted octanol–water partition coefficient (Wildman–Crippen LogP) is 2.00. The summed E-state index contributed by atoms with van der Waals surface area (Å²) in [6.07, 6.45) is 0. The molecule has 1 aromatic carbocycles. The fourth-order valence-electron chi connectivity index (χ4n) is 1.61. The number of ether oxygens (including phenoxy) is 1. The summed E-state index contributed by atoms with van der Waals surface area (Å²) in [6.45, 7) is 9.75. The van der Waals surface area contributed by atoms with Crippen molar-refractivity contribution >= 4 is 10.0 Å². The van der Waals surface area contributed by atoms with E-state index in [1.54, 1.807) is 24.3 Å². The molecule has 1 aromatic rings. The molecule has 0 aliphatic heterocycles. The van der Waals surface area contributed by atoms with E-state index < -0.39 is 10.0 Å². The second kappa shape index (κ2) is 8.36. The highest BCUT2D eigenvalue weighted by Crippen LogP contribution is 2.16. The van der Waals surface area contributed by atoms with Crippen LogP contribution in [0, 0.1) is 5.92 Å². The minimum Gasteiger partial charge on any atom is -0.493 e. The quantitative estimate of drug-likeness (QED) is 0.684. The lowest BCUT2D eigenvalue weighted by molar-refractivity contribution is 0.271. The van der Waals surface area contributed by atoms with Crippen molar-refractivity contribution < 1.29 is 13.2 Å². The highest BCUT2D eigenvalue weighted by molar-refractivity contribution is 7.89.